The van der Waals surface area contributed by atoms with Crippen molar-refractivity contribution >= 4 is 34.5 Å². The van der Waals surface area contributed by atoms with E-state index in [9.17, 15) is 24.3 Å². The number of amides is 2. The van der Waals surface area contributed by atoms with Crippen LogP contribution in [-0.4, -0.2) is 49.1 Å². The third-order valence-electron chi connectivity index (χ3n) is 3.75. The molecule has 0 saturated heterocycles. The van der Waals surface area contributed by atoms with Crippen LogP contribution in [0.15, 0.2) is 16.9 Å². The molecule has 0 spiro atoms. The maximum absolute atomic E-state index is 12.2. The number of fused-ring (bicyclic) bond motifs is 3. The van der Waals surface area contributed by atoms with Crippen molar-refractivity contribution in [2.75, 3.05) is 6.54 Å². The molecule has 0 bridgehead atoms. The molecule has 0 unspecified atom stereocenters. The molecule has 11 heteroatoms. The Morgan fingerprint density at radius 3 is 2.65 bits per heavy atom. The summed E-state index contributed by atoms with van der Waals surface area (Å²) in [5, 5.41) is 23.3. The zero-order valence-corrected chi connectivity index (χ0v) is 13.4. The summed E-state index contributed by atoms with van der Waals surface area (Å²) in [4.78, 5) is 50.4. The van der Waals surface area contributed by atoms with Gasteiger partial charge in [-0.2, -0.15) is 0 Å². The van der Waals surface area contributed by atoms with Crippen molar-refractivity contribution in [3.8, 4) is 5.75 Å². The molecule has 6 N–H and O–H groups in total. The summed E-state index contributed by atoms with van der Waals surface area (Å²) >= 11 is 0. The maximum Gasteiger partial charge on any atom is 0.322 e. The van der Waals surface area contributed by atoms with Crippen molar-refractivity contribution < 1.29 is 24.6 Å². The quantitative estimate of drug-likeness (QED) is 0.400. The molecule has 0 aliphatic carbocycles. The van der Waals surface area contributed by atoms with E-state index in [1.807, 2.05) is 5.32 Å². The van der Waals surface area contributed by atoms with Gasteiger partial charge in [-0.1, -0.05) is 0 Å². The number of aliphatic carboxylic acids is 1. The molecule has 2 amide bonds. The van der Waals surface area contributed by atoms with Crippen molar-refractivity contribution in [2.45, 2.75) is 6.92 Å². The molecule has 0 atom stereocenters. The topological polar surface area (TPSA) is 180 Å². The second-order valence-electron chi connectivity index (χ2n) is 5.54. The SMILES string of the molecule is Cc1cc(C(N)=O)cc2c1nc1c(O)c(C(=O)NCC(=O)O)c(=O)[nH]n12. The van der Waals surface area contributed by atoms with Crippen LogP contribution in [0.4, 0.5) is 0 Å². The van der Waals surface area contributed by atoms with Gasteiger partial charge in [0.25, 0.3) is 11.5 Å². The van der Waals surface area contributed by atoms with Gasteiger partial charge in [0.1, 0.15) is 6.54 Å². The highest BCUT2D eigenvalue weighted by molar-refractivity contribution is 6.01. The van der Waals surface area contributed by atoms with Crippen LogP contribution in [0, 0.1) is 6.92 Å². The first-order chi connectivity index (χ1) is 12.2. The van der Waals surface area contributed by atoms with Crippen LogP contribution in [0.25, 0.3) is 16.7 Å². The minimum Gasteiger partial charge on any atom is -0.504 e. The lowest BCUT2D eigenvalue weighted by molar-refractivity contribution is -0.135. The lowest BCUT2D eigenvalue weighted by atomic mass is 10.1. The van der Waals surface area contributed by atoms with E-state index in [-0.39, 0.29) is 11.2 Å². The number of nitrogens with two attached hydrogens (primary N) is 1. The third-order valence-corrected chi connectivity index (χ3v) is 3.75. The first kappa shape index (κ1) is 17.0. The van der Waals surface area contributed by atoms with Crippen LogP contribution >= 0.6 is 0 Å². The summed E-state index contributed by atoms with van der Waals surface area (Å²) in [7, 11) is 0. The number of primary amides is 1. The Hall–Kier alpha value is -3.89. The summed E-state index contributed by atoms with van der Waals surface area (Å²) in [6.45, 7) is 0.942. The Bertz CT molecular complexity index is 1160. The van der Waals surface area contributed by atoms with E-state index in [2.05, 4.69) is 10.1 Å². The zero-order valence-electron chi connectivity index (χ0n) is 13.4. The number of rotatable bonds is 4. The number of nitrogens with one attached hydrogen (secondary N) is 2. The number of carboxylic acid groups (broad SMARTS) is 1. The molecular weight excluding hydrogens is 346 g/mol. The summed E-state index contributed by atoms with van der Waals surface area (Å²) in [5.74, 6) is -3.76. The van der Waals surface area contributed by atoms with Crippen LogP contribution in [0.5, 0.6) is 5.75 Å². The van der Waals surface area contributed by atoms with E-state index in [4.69, 9.17) is 10.8 Å². The summed E-state index contributed by atoms with van der Waals surface area (Å²) < 4.78 is 1.13. The second-order valence-corrected chi connectivity index (χ2v) is 5.54. The van der Waals surface area contributed by atoms with Crippen LogP contribution < -0.4 is 16.6 Å². The highest BCUT2D eigenvalue weighted by atomic mass is 16.4. The maximum atomic E-state index is 12.2. The van der Waals surface area contributed by atoms with Crippen molar-refractivity contribution in [2.24, 2.45) is 5.73 Å². The van der Waals surface area contributed by atoms with Crippen LogP contribution in [-0.2, 0) is 4.79 Å². The molecule has 2 heterocycles. The van der Waals surface area contributed by atoms with Gasteiger partial charge in [0.15, 0.2) is 17.0 Å². The molecule has 3 rings (SSSR count). The number of benzene rings is 1. The highest BCUT2D eigenvalue weighted by Crippen LogP contribution is 2.26. The Balaban J connectivity index is 2.27. The summed E-state index contributed by atoms with van der Waals surface area (Å²) in [5.41, 5.74) is 4.95. The zero-order chi connectivity index (χ0) is 19.2. The largest absolute Gasteiger partial charge is 0.504 e. The smallest absolute Gasteiger partial charge is 0.322 e. The number of carbonyl (C=O) groups is 3. The van der Waals surface area contributed by atoms with E-state index < -0.39 is 41.2 Å². The Kier molecular flexibility index (Phi) is 3.83. The molecule has 0 aliphatic heterocycles. The number of H-pyrrole nitrogens is 1. The van der Waals surface area contributed by atoms with Crippen molar-refractivity contribution in [1.82, 2.24) is 19.9 Å². The fraction of sp³-hybridized carbons (Fsp3) is 0.133. The van der Waals surface area contributed by atoms with Gasteiger partial charge in [-0.3, -0.25) is 24.3 Å². The second kappa shape index (κ2) is 5.88. The van der Waals surface area contributed by atoms with Gasteiger partial charge < -0.3 is 21.3 Å². The minimum atomic E-state index is -1.31. The molecule has 1 aromatic carbocycles. The number of aromatic amines is 1. The molecule has 134 valence electrons. The number of aromatic hydroxyl groups is 1. The first-order valence-corrected chi connectivity index (χ1v) is 7.28. The molecule has 0 fully saturated rings. The predicted molar refractivity (Wildman–Crippen MR) is 88.2 cm³/mol. The third kappa shape index (κ3) is 2.60. The molecule has 0 radical (unpaired) electrons. The van der Waals surface area contributed by atoms with Crippen LogP contribution in [0.1, 0.15) is 26.3 Å². The number of hydrogen-bond acceptors (Lipinski definition) is 6. The van der Waals surface area contributed by atoms with Crippen molar-refractivity contribution in [1.29, 1.82) is 0 Å². The Labute approximate surface area is 144 Å². The van der Waals surface area contributed by atoms with Gasteiger partial charge in [0, 0.05) is 5.56 Å². The highest BCUT2D eigenvalue weighted by Gasteiger charge is 2.23. The van der Waals surface area contributed by atoms with E-state index in [0.29, 0.717) is 16.6 Å². The number of carbonyl (C=O) groups excluding carboxylic acids is 2. The predicted octanol–water partition coefficient (Wildman–Crippen LogP) is -0.897. The number of nitrogens with zero attached hydrogens (tertiary/aromatic N) is 2. The Morgan fingerprint density at radius 2 is 2.04 bits per heavy atom. The lowest BCUT2D eigenvalue weighted by Crippen LogP contribution is -2.34. The summed E-state index contributed by atoms with van der Waals surface area (Å²) in [6, 6.07) is 2.90. The molecule has 3 aromatic rings. The average Bonchev–Trinajstić information content (AvgIpc) is 2.92. The fourth-order valence-corrected chi connectivity index (χ4v) is 2.59. The first-order valence-electron chi connectivity index (χ1n) is 7.28. The number of aryl methyl sites for hydroxylation is 1. The van der Waals surface area contributed by atoms with E-state index in [1.54, 1.807) is 6.92 Å². The van der Waals surface area contributed by atoms with Gasteiger partial charge in [0.2, 0.25) is 5.91 Å². The number of aromatic nitrogens is 3. The Morgan fingerprint density at radius 1 is 1.35 bits per heavy atom. The van der Waals surface area contributed by atoms with Gasteiger partial charge in [-0.15, -0.1) is 0 Å². The number of hydrogen-bond donors (Lipinski definition) is 5. The average molecular weight is 359 g/mol. The van der Waals surface area contributed by atoms with Gasteiger partial charge >= 0.3 is 5.97 Å². The van der Waals surface area contributed by atoms with Crippen LogP contribution in [0.3, 0.4) is 0 Å². The lowest BCUT2D eigenvalue weighted by Gasteiger charge is -2.06. The number of carboxylic acids is 1. The summed E-state index contributed by atoms with van der Waals surface area (Å²) in [6.07, 6.45) is 0. The molecule has 2 aromatic heterocycles. The van der Waals surface area contributed by atoms with E-state index in [0.717, 1.165) is 4.52 Å². The van der Waals surface area contributed by atoms with E-state index in [1.165, 1.54) is 12.1 Å². The van der Waals surface area contributed by atoms with Gasteiger partial charge in [0.05, 0.1) is 11.0 Å². The fourth-order valence-electron chi connectivity index (χ4n) is 2.59. The monoisotopic (exact) mass is 359 g/mol. The van der Waals surface area contributed by atoms with Crippen molar-refractivity contribution in [3.63, 3.8) is 0 Å². The molecule has 11 nitrogen and oxygen atoms in total. The molecule has 26 heavy (non-hydrogen) atoms. The van der Waals surface area contributed by atoms with Gasteiger partial charge in [-0.05, 0) is 24.6 Å². The molecule has 0 saturated carbocycles. The van der Waals surface area contributed by atoms with Crippen LogP contribution in [0.2, 0.25) is 0 Å². The molecular formula is C15H13N5O6. The molecule has 0 aliphatic rings. The normalized spacial score (nSPS) is 11.0. The standard InChI is InChI=1S/C15H13N5O6/c1-5-2-6(12(16)24)3-7-10(5)18-13-11(23)9(15(26)19-20(7)13)14(25)17-4-8(21)22/h2-3,23H,4H2,1H3,(H2,16,24)(H,17,25)(H,19,26)(H,21,22). The minimum absolute atomic E-state index is 0.134. The van der Waals surface area contributed by atoms with Gasteiger partial charge in [-0.25, -0.2) is 9.50 Å². The van der Waals surface area contributed by atoms with Crippen molar-refractivity contribution in [3.05, 3.63) is 39.2 Å². The number of imidazole rings is 1. The van der Waals surface area contributed by atoms with E-state index >= 15 is 0 Å².